The van der Waals surface area contributed by atoms with Crippen molar-refractivity contribution in [3.8, 4) is 0 Å². The molecule has 190 valence electrons. The molecule has 3 aromatic carbocycles. The summed E-state index contributed by atoms with van der Waals surface area (Å²) >= 11 is 7.55. The lowest BCUT2D eigenvalue weighted by Crippen LogP contribution is -2.51. The van der Waals surface area contributed by atoms with Crippen LogP contribution in [0, 0.1) is 6.92 Å². The molecule has 3 rings (SSSR count). The van der Waals surface area contributed by atoms with Crippen LogP contribution in [0.1, 0.15) is 42.0 Å². The van der Waals surface area contributed by atoms with E-state index in [0.717, 1.165) is 35.1 Å². The van der Waals surface area contributed by atoms with E-state index in [-0.39, 0.29) is 11.8 Å². The predicted molar refractivity (Wildman–Crippen MR) is 151 cm³/mol. The number of carbonyl (C=O) groups excluding carboxylic acids is 2. The molecule has 0 radical (unpaired) electrons. The topological polar surface area (TPSA) is 49.4 Å². The molecule has 1 atom stereocenters. The van der Waals surface area contributed by atoms with Gasteiger partial charge in [-0.1, -0.05) is 97.2 Å². The van der Waals surface area contributed by atoms with E-state index in [1.165, 1.54) is 0 Å². The Hall–Kier alpha value is -2.76. The number of rotatable bonds is 13. The van der Waals surface area contributed by atoms with Gasteiger partial charge in [-0.15, -0.1) is 11.8 Å². The van der Waals surface area contributed by atoms with E-state index in [9.17, 15) is 9.59 Å². The molecule has 0 heterocycles. The number of unbranched alkanes of at least 4 members (excludes halogenated alkanes) is 1. The Bertz CT molecular complexity index is 1110. The number of nitrogens with one attached hydrogen (secondary N) is 1. The summed E-state index contributed by atoms with van der Waals surface area (Å²) in [6.07, 6.45) is 2.38. The van der Waals surface area contributed by atoms with Gasteiger partial charge >= 0.3 is 0 Å². The molecule has 36 heavy (non-hydrogen) atoms. The van der Waals surface area contributed by atoms with Crippen LogP contribution >= 0.6 is 23.4 Å². The molecule has 6 heteroatoms. The van der Waals surface area contributed by atoms with E-state index in [2.05, 4.69) is 18.3 Å². The standard InChI is InChI=1S/C30H35ClN2O2S/c1-3-4-17-32-30(35)28(19-24-10-6-5-7-11-24)33(20-26-12-8-9-23(2)18-26)29(34)22-36-21-25-13-15-27(31)16-14-25/h5-16,18,28H,3-4,17,19-22H2,1-2H3,(H,32,35). The van der Waals surface area contributed by atoms with Crippen LogP contribution in [0.15, 0.2) is 78.9 Å². The van der Waals surface area contributed by atoms with Crippen LogP contribution in [0.3, 0.4) is 0 Å². The number of aryl methyl sites for hydroxylation is 1. The van der Waals surface area contributed by atoms with Crippen LogP contribution in [-0.2, 0) is 28.3 Å². The molecule has 2 amide bonds. The SMILES string of the molecule is CCCCNC(=O)C(Cc1ccccc1)N(Cc1cccc(C)c1)C(=O)CSCc1ccc(Cl)cc1. The largest absolute Gasteiger partial charge is 0.354 e. The van der Waals surface area contributed by atoms with Gasteiger partial charge in [-0.05, 0) is 42.2 Å². The fourth-order valence-corrected chi connectivity index (χ4v) is 4.98. The lowest BCUT2D eigenvalue weighted by molar-refractivity contribution is -0.139. The number of hydrogen-bond acceptors (Lipinski definition) is 3. The Morgan fingerprint density at radius 3 is 2.36 bits per heavy atom. The van der Waals surface area contributed by atoms with Crippen LogP contribution in [-0.4, -0.2) is 35.1 Å². The van der Waals surface area contributed by atoms with Gasteiger partial charge in [0.2, 0.25) is 11.8 Å². The molecule has 0 aromatic heterocycles. The number of benzene rings is 3. The number of amides is 2. The Balaban J connectivity index is 1.82. The van der Waals surface area contributed by atoms with E-state index in [1.54, 1.807) is 16.7 Å². The summed E-state index contributed by atoms with van der Waals surface area (Å²) in [7, 11) is 0. The maximum Gasteiger partial charge on any atom is 0.243 e. The zero-order valence-electron chi connectivity index (χ0n) is 21.1. The molecular formula is C30H35ClN2O2S. The van der Waals surface area contributed by atoms with Gasteiger partial charge in [-0.3, -0.25) is 9.59 Å². The Morgan fingerprint density at radius 2 is 1.67 bits per heavy atom. The highest BCUT2D eigenvalue weighted by Crippen LogP contribution is 2.20. The highest BCUT2D eigenvalue weighted by atomic mass is 35.5. The molecule has 0 fully saturated rings. The summed E-state index contributed by atoms with van der Waals surface area (Å²) in [5.41, 5.74) is 4.29. The van der Waals surface area contributed by atoms with Gasteiger partial charge < -0.3 is 10.2 Å². The van der Waals surface area contributed by atoms with Crippen LogP contribution < -0.4 is 5.32 Å². The minimum Gasteiger partial charge on any atom is -0.354 e. The van der Waals surface area contributed by atoms with Crippen molar-refractivity contribution < 1.29 is 9.59 Å². The fraction of sp³-hybridized carbons (Fsp3) is 0.333. The molecule has 0 aliphatic carbocycles. The second kappa shape index (κ2) is 14.7. The first-order valence-electron chi connectivity index (χ1n) is 12.4. The van der Waals surface area contributed by atoms with Crippen molar-refractivity contribution in [2.45, 2.75) is 51.4 Å². The summed E-state index contributed by atoms with van der Waals surface area (Å²) in [5, 5.41) is 3.77. The van der Waals surface area contributed by atoms with Gasteiger partial charge in [-0.2, -0.15) is 0 Å². The highest BCUT2D eigenvalue weighted by molar-refractivity contribution is 7.99. The minimum absolute atomic E-state index is 0.0398. The van der Waals surface area contributed by atoms with Gasteiger partial charge in [-0.25, -0.2) is 0 Å². The molecule has 0 aliphatic rings. The Morgan fingerprint density at radius 1 is 0.944 bits per heavy atom. The smallest absolute Gasteiger partial charge is 0.243 e. The van der Waals surface area contributed by atoms with Crippen molar-refractivity contribution in [3.63, 3.8) is 0 Å². The molecule has 4 nitrogen and oxygen atoms in total. The molecule has 0 saturated carbocycles. The zero-order valence-corrected chi connectivity index (χ0v) is 22.7. The Labute approximate surface area is 224 Å². The van der Waals surface area contributed by atoms with E-state index in [4.69, 9.17) is 11.6 Å². The number of nitrogens with zero attached hydrogens (tertiary/aromatic N) is 1. The molecule has 0 bridgehead atoms. The van der Waals surface area contributed by atoms with Crippen molar-refractivity contribution >= 4 is 35.2 Å². The van der Waals surface area contributed by atoms with Gasteiger partial charge in [0.25, 0.3) is 0 Å². The first-order valence-corrected chi connectivity index (χ1v) is 14.0. The predicted octanol–water partition coefficient (Wildman–Crippen LogP) is 6.44. The summed E-state index contributed by atoms with van der Waals surface area (Å²) in [6.45, 7) is 5.13. The highest BCUT2D eigenvalue weighted by Gasteiger charge is 2.30. The molecular weight excluding hydrogens is 488 g/mol. The molecule has 0 aliphatic heterocycles. The molecule has 0 saturated heterocycles. The van der Waals surface area contributed by atoms with Crippen LogP contribution in [0.4, 0.5) is 0 Å². The zero-order chi connectivity index (χ0) is 25.8. The average molecular weight is 523 g/mol. The van der Waals surface area contributed by atoms with Crippen molar-refractivity contribution in [2.24, 2.45) is 0 Å². The average Bonchev–Trinajstić information content (AvgIpc) is 2.88. The summed E-state index contributed by atoms with van der Waals surface area (Å²) in [6, 6.07) is 25.1. The number of halogens is 1. The normalized spacial score (nSPS) is 11.6. The number of thioether (sulfide) groups is 1. The van der Waals surface area contributed by atoms with Gasteiger partial charge in [0.15, 0.2) is 0 Å². The third-order valence-corrected chi connectivity index (χ3v) is 7.18. The van der Waals surface area contributed by atoms with E-state index < -0.39 is 6.04 Å². The summed E-state index contributed by atoms with van der Waals surface area (Å²) < 4.78 is 0. The van der Waals surface area contributed by atoms with Crippen LogP contribution in [0.5, 0.6) is 0 Å². The first-order chi connectivity index (χ1) is 17.5. The van der Waals surface area contributed by atoms with Gasteiger partial charge in [0.1, 0.15) is 6.04 Å². The minimum atomic E-state index is -0.589. The van der Waals surface area contributed by atoms with Gasteiger partial charge in [0.05, 0.1) is 5.75 Å². The number of hydrogen-bond donors (Lipinski definition) is 1. The summed E-state index contributed by atoms with van der Waals surface area (Å²) in [4.78, 5) is 28.8. The van der Waals surface area contributed by atoms with Crippen molar-refractivity contribution in [1.82, 2.24) is 10.2 Å². The first kappa shape index (κ1) is 27.8. The third-order valence-electron chi connectivity index (χ3n) is 5.94. The lowest BCUT2D eigenvalue weighted by Gasteiger charge is -2.31. The summed E-state index contributed by atoms with van der Waals surface area (Å²) in [5.74, 6) is 0.855. The third kappa shape index (κ3) is 9.03. The second-order valence-electron chi connectivity index (χ2n) is 8.98. The molecule has 0 spiro atoms. The van der Waals surface area contributed by atoms with E-state index >= 15 is 0 Å². The van der Waals surface area contributed by atoms with Crippen molar-refractivity contribution in [1.29, 1.82) is 0 Å². The van der Waals surface area contributed by atoms with E-state index in [1.807, 2.05) is 79.7 Å². The van der Waals surface area contributed by atoms with Crippen LogP contribution in [0.2, 0.25) is 5.02 Å². The van der Waals surface area contributed by atoms with Crippen molar-refractivity contribution in [2.75, 3.05) is 12.3 Å². The lowest BCUT2D eigenvalue weighted by atomic mass is 10.0. The maximum absolute atomic E-state index is 13.6. The van der Waals surface area contributed by atoms with Crippen LogP contribution in [0.25, 0.3) is 0 Å². The maximum atomic E-state index is 13.6. The monoisotopic (exact) mass is 522 g/mol. The van der Waals surface area contributed by atoms with Crippen molar-refractivity contribution in [3.05, 3.63) is 106 Å². The fourth-order valence-electron chi connectivity index (χ4n) is 3.99. The molecule has 1 unspecified atom stereocenters. The van der Waals surface area contributed by atoms with Gasteiger partial charge in [0, 0.05) is 30.3 Å². The second-order valence-corrected chi connectivity index (χ2v) is 10.4. The molecule has 3 aromatic rings. The Kier molecular flexibility index (Phi) is 11.4. The molecule has 1 N–H and O–H groups in total. The number of carbonyl (C=O) groups is 2. The quantitative estimate of drug-likeness (QED) is 0.263. The van der Waals surface area contributed by atoms with E-state index in [0.29, 0.717) is 36.0 Å².